The first-order valence-corrected chi connectivity index (χ1v) is 4.23. The molecule has 0 radical (unpaired) electrons. The smallest absolute Gasteiger partial charge is 0.00390 e. The van der Waals surface area contributed by atoms with Crippen LogP contribution in [0.4, 0.5) is 0 Å². The van der Waals surface area contributed by atoms with Crippen LogP contribution >= 0.6 is 24.8 Å². The molecule has 0 amide bonds. The van der Waals surface area contributed by atoms with Crippen molar-refractivity contribution in [1.29, 1.82) is 0 Å². The van der Waals surface area contributed by atoms with Crippen molar-refractivity contribution >= 4 is 24.8 Å². The highest BCUT2D eigenvalue weighted by molar-refractivity contribution is 5.85. The van der Waals surface area contributed by atoms with E-state index in [9.17, 15) is 0 Å². The maximum absolute atomic E-state index is 5.77. The van der Waals surface area contributed by atoms with Crippen molar-refractivity contribution in [2.24, 2.45) is 11.7 Å². The minimum Gasteiger partial charge on any atom is -0.328 e. The molecule has 0 aromatic carbocycles. The molecule has 4 heteroatoms. The Labute approximate surface area is 87.5 Å². The van der Waals surface area contributed by atoms with Crippen LogP contribution in [-0.2, 0) is 0 Å². The largest absolute Gasteiger partial charge is 0.328 e. The minimum absolute atomic E-state index is 0. The molecule has 1 rings (SSSR count). The Hall–Kier alpha value is 0.500. The molecule has 0 saturated heterocycles. The third kappa shape index (κ3) is 5.20. The van der Waals surface area contributed by atoms with Crippen molar-refractivity contribution in [2.45, 2.75) is 31.7 Å². The molecule has 2 nitrogen and oxygen atoms in total. The molecule has 0 unspecified atom stereocenters. The van der Waals surface area contributed by atoms with E-state index in [-0.39, 0.29) is 24.8 Å². The van der Waals surface area contributed by atoms with E-state index in [0.717, 1.165) is 5.92 Å². The van der Waals surface area contributed by atoms with Crippen LogP contribution < -0.4 is 11.1 Å². The molecule has 1 aliphatic rings. The minimum atomic E-state index is 0. The molecule has 1 fully saturated rings. The van der Waals surface area contributed by atoms with Crippen LogP contribution in [0.25, 0.3) is 0 Å². The zero-order valence-electron chi connectivity index (χ0n) is 7.58. The van der Waals surface area contributed by atoms with E-state index in [1.807, 2.05) is 7.05 Å². The Morgan fingerprint density at radius 3 is 2.08 bits per heavy atom. The molecule has 76 valence electrons. The summed E-state index contributed by atoms with van der Waals surface area (Å²) in [6.45, 7) is 1.17. The monoisotopic (exact) mass is 214 g/mol. The highest BCUT2D eigenvalue weighted by atomic mass is 35.5. The molecule has 1 saturated carbocycles. The fraction of sp³-hybridized carbons (Fsp3) is 1.00. The van der Waals surface area contributed by atoms with Gasteiger partial charge in [0.25, 0.3) is 0 Å². The summed E-state index contributed by atoms with van der Waals surface area (Å²) in [5, 5.41) is 3.21. The van der Waals surface area contributed by atoms with Crippen molar-refractivity contribution in [1.82, 2.24) is 5.32 Å². The van der Waals surface area contributed by atoms with Crippen LogP contribution in [0.1, 0.15) is 25.7 Å². The van der Waals surface area contributed by atoms with Crippen LogP contribution in [0.5, 0.6) is 0 Å². The molecule has 3 N–H and O–H groups in total. The maximum atomic E-state index is 5.77. The number of halogens is 2. The second-order valence-corrected chi connectivity index (χ2v) is 3.34. The van der Waals surface area contributed by atoms with Crippen LogP contribution in [-0.4, -0.2) is 19.6 Å². The van der Waals surface area contributed by atoms with E-state index >= 15 is 0 Å². The van der Waals surface area contributed by atoms with Gasteiger partial charge in [0.1, 0.15) is 0 Å². The summed E-state index contributed by atoms with van der Waals surface area (Å²) in [5.74, 6) is 0.893. The Morgan fingerprint density at radius 1 is 1.17 bits per heavy atom. The Kier molecular flexibility index (Phi) is 10.1. The summed E-state index contributed by atoms with van der Waals surface area (Å²) in [6.07, 6.45) is 5.10. The average Bonchev–Trinajstić information content (AvgIpc) is 1.95. The van der Waals surface area contributed by atoms with Crippen molar-refractivity contribution in [3.05, 3.63) is 0 Å². The van der Waals surface area contributed by atoms with Gasteiger partial charge in [0.15, 0.2) is 0 Å². The fourth-order valence-corrected chi connectivity index (χ4v) is 1.68. The average molecular weight is 215 g/mol. The normalized spacial score (nSPS) is 28.5. The standard InChI is InChI=1S/C8H18N2.2ClH/c1-10-6-7-2-4-8(9)5-3-7;;/h7-8,10H,2-6,9H2,1H3;2*1H. The lowest BCUT2D eigenvalue weighted by molar-refractivity contribution is 0.320. The number of hydrogen-bond donors (Lipinski definition) is 2. The third-order valence-electron chi connectivity index (χ3n) is 2.38. The zero-order chi connectivity index (χ0) is 7.40. The Bertz CT molecular complexity index is 93.1. The SMILES string of the molecule is CNCC1CCC(N)CC1.Cl.Cl. The van der Waals surface area contributed by atoms with E-state index < -0.39 is 0 Å². The lowest BCUT2D eigenvalue weighted by atomic mass is 9.86. The summed E-state index contributed by atoms with van der Waals surface area (Å²) >= 11 is 0. The molecule has 0 heterocycles. The highest BCUT2D eigenvalue weighted by Crippen LogP contribution is 2.21. The highest BCUT2D eigenvalue weighted by Gasteiger charge is 2.16. The molecule has 0 aromatic rings. The molecule has 0 spiro atoms. The third-order valence-corrected chi connectivity index (χ3v) is 2.38. The van der Waals surface area contributed by atoms with Gasteiger partial charge in [0.2, 0.25) is 0 Å². The lowest BCUT2D eigenvalue weighted by Gasteiger charge is -2.25. The first-order valence-electron chi connectivity index (χ1n) is 4.23. The summed E-state index contributed by atoms with van der Waals surface area (Å²) in [7, 11) is 2.02. The molecule has 0 bridgehead atoms. The predicted molar refractivity (Wildman–Crippen MR) is 58.4 cm³/mol. The molecule has 0 aliphatic heterocycles. The second kappa shape index (κ2) is 8.11. The lowest BCUT2D eigenvalue weighted by Crippen LogP contribution is -2.30. The van der Waals surface area contributed by atoms with E-state index in [1.54, 1.807) is 0 Å². The van der Waals surface area contributed by atoms with Crippen LogP contribution in [0.3, 0.4) is 0 Å². The topological polar surface area (TPSA) is 38.0 Å². The first-order chi connectivity index (χ1) is 4.83. The van der Waals surface area contributed by atoms with Gasteiger partial charge in [-0.2, -0.15) is 0 Å². The quantitative estimate of drug-likeness (QED) is 0.733. The number of nitrogens with two attached hydrogens (primary N) is 1. The van der Waals surface area contributed by atoms with Gasteiger partial charge in [-0.1, -0.05) is 0 Å². The van der Waals surface area contributed by atoms with Crippen molar-refractivity contribution in [3.8, 4) is 0 Å². The van der Waals surface area contributed by atoms with Crippen molar-refractivity contribution in [3.63, 3.8) is 0 Å². The van der Waals surface area contributed by atoms with Crippen LogP contribution in [0.2, 0.25) is 0 Å². The van der Waals surface area contributed by atoms with Gasteiger partial charge >= 0.3 is 0 Å². The van der Waals surface area contributed by atoms with E-state index in [4.69, 9.17) is 5.73 Å². The van der Waals surface area contributed by atoms with Gasteiger partial charge in [0, 0.05) is 6.04 Å². The summed E-state index contributed by atoms with van der Waals surface area (Å²) < 4.78 is 0. The van der Waals surface area contributed by atoms with Crippen molar-refractivity contribution in [2.75, 3.05) is 13.6 Å². The van der Waals surface area contributed by atoms with E-state index in [2.05, 4.69) is 5.32 Å². The Morgan fingerprint density at radius 2 is 1.67 bits per heavy atom. The summed E-state index contributed by atoms with van der Waals surface area (Å²) in [5.41, 5.74) is 5.77. The summed E-state index contributed by atoms with van der Waals surface area (Å²) in [4.78, 5) is 0. The molecule has 1 aliphatic carbocycles. The van der Waals surface area contributed by atoms with E-state index in [0.29, 0.717) is 6.04 Å². The number of rotatable bonds is 2. The van der Waals surface area contributed by atoms with Crippen LogP contribution in [0, 0.1) is 5.92 Å². The van der Waals surface area contributed by atoms with E-state index in [1.165, 1.54) is 32.2 Å². The second-order valence-electron chi connectivity index (χ2n) is 3.34. The molecule has 0 atom stereocenters. The Balaban J connectivity index is 0. The molecule has 0 aromatic heterocycles. The maximum Gasteiger partial charge on any atom is 0.00390 e. The first kappa shape index (κ1) is 15.0. The predicted octanol–water partition coefficient (Wildman–Crippen LogP) is 1.57. The van der Waals surface area contributed by atoms with Gasteiger partial charge < -0.3 is 11.1 Å². The fourth-order valence-electron chi connectivity index (χ4n) is 1.68. The molecule has 12 heavy (non-hydrogen) atoms. The van der Waals surface area contributed by atoms with Gasteiger partial charge in [-0.3, -0.25) is 0 Å². The van der Waals surface area contributed by atoms with Gasteiger partial charge in [-0.15, -0.1) is 24.8 Å². The number of nitrogens with one attached hydrogen (secondary N) is 1. The zero-order valence-corrected chi connectivity index (χ0v) is 9.22. The summed E-state index contributed by atoms with van der Waals surface area (Å²) in [6, 6.07) is 0.494. The van der Waals surface area contributed by atoms with Gasteiger partial charge in [0.05, 0.1) is 0 Å². The van der Waals surface area contributed by atoms with Crippen LogP contribution in [0.15, 0.2) is 0 Å². The van der Waals surface area contributed by atoms with Gasteiger partial charge in [-0.25, -0.2) is 0 Å². The van der Waals surface area contributed by atoms with Gasteiger partial charge in [-0.05, 0) is 45.2 Å². The molecular weight excluding hydrogens is 195 g/mol. The number of hydrogen-bond acceptors (Lipinski definition) is 2. The van der Waals surface area contributed by atoms with Crippen molar-refractivity contribution < 1.29 is 0 Å². The molecular formula is C8H20Cl2N2.